The van der Waals surface area contributed by atoms with Crippen molar-refractivity contribution in [1.82, 2.24) is 4.98 Å². The van der Waals surface area contributed by atoms with Crippen molar-refractivity contribution in [1.29, 1.82) is 0 Å². The van der Waals surface area contributed by atoms with Gasteiger partial charge in [-0.05, 0) is 22.0 Å². The molecule has 0 bridgehead atoms. The zero-order chi connectivity index (χ0) is 10.6. The molecule has 0 spiro atoms. The van der Waals surface area contributed by atoms with E-state index < -0.39 is 5.97 Å². The number of hydrogen-bond acceptors (Lipinski definition) is 4. The highest BCUT2D eigenvalue weighted by atomic mass is 79.9. The molecule has 0 saturated heterocycles. The van der Waals surface area contributed by atoms with E-state index in [1.165, 1.54) is 19.4 Å². The van der Waals surface area contributed by atoms with Gasteiger partial charge >= 0.3 is 5.97 Å². The van der Waals surface area contributed by atoms with E-state index in [0.717, 1.165) is 6.34 Å². The Morgan fingerprint density at radius 2 is 2.50 bits per heavy atom. The molecule has 5 nitrogen and oxygen atoms in total. The zero-order valence-corrected chi connectivity index (χ0v) is 8.98. The van der Waals surface area contributed by atoms with Gasteiger partial charge in [0.1, 0.15) is 0 Å². The van der Waals surface area contributed by atoms with Crippen molar-refractivity contribution in [3.8, 4) is 0 Å². The Kier molecular flexibility index (Phi) is 3.58. The van der Waals surface area contributed by atoms with Gasteiger partial charge in [-0.15, -0.1) is 0 Å². The number of esters is 1. The molecule has 1 heterocycles. The SMILES string of the molecule is COC(=O)c1cc(N=CN)ncc1Br. The second-order valence-electron chi connectivity index (χ2n) is 2.29. The first-order chi connectivity index (χ1) is 6.69. The minimum absolute atomic E-state index is 0.358. The maximum Gasteiger partial charge on any atom is 0.339 e. The first-order valence-corrected chi connectivity index (χ1v) is 4.46. The highest BCUT2D eigenvalue weighted by Gasteiger charge is 2.11. The summed E-state index contributed by atoms with van der Waals surface area (Å²) in [6, 6.07) is 1.49. The highest BCUT2D eigenvalue weighted by Crippen LogP contribution is 2.20. The molecule has 0 aliphatic carbocycles. The molecule has 0 aliphatic rings. The number of methoxy groups -OCH3 is 1. The second-order valence-corrected chi connectivity index (χ2v) is 3.15. The van der Waals surface area contributed by atoms with E-state index in [2.05, 4.69) is 30.6 Å². The Morgan fingerprint density at radius 3 is 3.07 bits per heavy atom. The number of rotatable bonds is 2. The van der Waals surface area contributed by atoms with Crippen LogP contribution >= 0.6 is 15.9 Å². The topological polar surface area (TPSA) is 77.6 Å². The average Bonchev–Trinajstić information content (AvgIpc) is 2.20. The van der Waals surface area contributed by atoms with Crippen LogP contribution in [0.2, 0.25) is 0 Å². The third-order valence-electron chi connectivity index (χ3n) is 1.45. The summed E-state index contributed by atoms with van der Waals surface area (Å²) in [5.74, 6) is -0.0937. The van der Waals surface area contributed by atoms with Crippen LogP contribution in [0, 0.1) is 0 Å². The van der Waals surface area contributed by atoms with E-state index in [1.807, 2.05) is 0 Å². The van der Waals surface area contributed by atoms with Crippen molar-refractivity contribution in [2.75, 3.05) is 7.11 Å². The van der Waals surface area contributed by atoms with Crippen LogP contribution in [0.5, 0.6) is 0 Å². The Morgan fingerprint density at radius 1 is 1.79 bits per heavy atom. The molecule has 2 N–H and O–H groups in total. The van der Waals surface area contributed by atoms with Crippen LogP contribution < -0.4 is 5.73 Å². The van der Waals surface area contributed by atoms with E-state index in [-0.39, 0.29) is 0 Å². The summed E-state index contributed by atoms with van der Waals surface area (Å²) in [7, 11) is 1.31. The summed E-state index contributed by atoms with van der Waals surface area (Å²) in [5.41, 5.74) is 5.46. The molecule has 0 aliphatic heterocycles. The minimum atomic E-state index is -0.451. The lowest BCUT2D eigenvalue weighted by atomic mass is 10.2. The molecule has 1 aromatic heterocycles. The molecule has 0 radical (unpaired) electrons. The number of aromatic nitrogens is 1. The molecule has 0 fully saturated rings. The lowest BCUT2D eigenvalue weighted by molar-refractivity contribution is 0.0599. The number of pyridine rings is 1. The fraction of sp³-hybridized carbons (Fsp3) is 0.125. The quantitative estimate of drug-likeness (QED) is 0.492. The molecule has 0 atom stereocenters. The average molecular weight is 258 g/mol. The van der Waals surface area contributed by atoms with Gasteiger partial charge in [-0.2, -0.15) is 0 Å². The number of nitrogens with zero attached hydrogens (tertiary/aromatic N) is 2. The maximum absolute atomic E-state index is 11.2. The number of carbonyl (C=O) groups is 1. The van der Waals surface area contributed by atoms with Crippen LogP contribution in [-0.2, 0) is 4.74 Å². The second kappa shape index (κ2) is 4.71. The van der Waals surface area contributed by atoms with Crippen molar-refractivity contribution in [2.24, 2.45) is 10.7 Å². The van der Waals surface area contributed by atoms with Crippen molar-refractivity contribution < 1.29 is 9.53 Å². The normalized spacial score (nSPS) is 10.4. The van der Waals surface area contributed by atoms with E-state index in [1.54, 1.807) is 0 Å². The van der Waals surface area contributed by atoms with E-state index in [9.17, 15) is 4.79 Å². The molecule has 1 aromatic rings. The predicted octanol–water partition coefficient (Wildman–Crippen LogP) is 1.25. The van der Waals surface area contributed by atoms with E-state index in [0.29, 0.717) is 15.9 Å². The fourth-order valence-corrected chi connectivity index (χ4v) is 1.22. The van der Waals surface area contributed by atoms with Gasteiger partial charge in [0.05, 0.1) is 23.5 Å². The highest BCUT2D eigenvalue weighted by molar-refractivity contribution is 9.10. The Labute approximate surface area is 89.1 Å². The van der Waals surface area contributed by atoms with Gasteiger partial charge < -0.3 is 10.5 Å². The molecule has 0 unspecified atom stereocenters. The number of aliphatic imine (C=N–C) groups is 1. The van der Waals surface area contributed by atoms with Crippen LogP contribution in [-0.4, -0.2) is 24.4 Å². The first-order valence-electron chi connectivity index (χ1n) is 3.67. The van der Waals surface area contributed by atoms with Gasteiger partial charge in [0, 0.05) is 6.20 Å². The van der Waals surface area contributed by atoms with Crippen LogP contribution in [0.15, 0.2) is 21.7 Å². The molecule has 74 valence electrons. The molecule has 14 heavy (non-hydrogen) atoms. The van der Waals surface area contributed by atoms with Gasteiger partial charge in [-0.3, -0.25) is 0 Å². The number of carbonyl (C=O) groups excluding carboxylic acids is 1. The van der Waals surface area contributed by atoms with E-state index >= 15 is 0 Å². The Hall–Kier alpha value is -1.43. The lowest BCUT2D eigenvalue weighted by Gasteiger charge is -2.01. The smallest absolute Gasteiger partial charge is 0.339 e. The maximum atomic E-state index is 11.2. The first kappa shape index (κ1) is 10.6. The van der Waals surface area contributed by atoms with Crippen molar-refractivity contribution in [3.63, 3.8) is 0 Å². The third-order valence-corrected chi connectivity index (χ3v) is 2.08. The van der Waals surface area contributed by atoms with Gasteiger partial charge in [-0.1, -0.05) is 0 Å². The summed E-state index contributed by atoms with van der Waals surface area (Å²) in [5, 5.41) is 0. The van der Waals surface area contributed by atoms with Crippen molar-refractivity contribution in [2.45, 2.75) is 0 Å². The monoisotopic (exact) mass is 257 g/mol. The van der Waals surface area contributed by atoms with Crippen LogP contribution in [0.1, 0.15) is 10.4 Å². The molecule has 0 amide bonds. The number of ether oxygens (including phenoxy) is 1. The van der Waals surface area contributed by atoms with Crippen molar-refractivity contribution >= 4 is 34.1 Å². The van der Waals surface area contributed by atoms with Gasteiger partial charge in [-0.25, -0.2) is 14.8 Å². The molecule has 0 saturated carbocycles. The van der Waals surface area contributed by atoms with Crippen LogP contribution in [0.3, 0.4) is 0 Å². The minimum Gasteiger partial charge on any atom is -0.465 e. The van der Waals surface area contributed by atoms with Crippen LogP contribution in [0.25, 0.3) is 0 Å². The summed E-state index contributed by atoms with van der Waals surface area (Å²) < 4.78 is 5.13. The zero-order valence-electron chi connectivity index (χ0n) is 7.40. The van der Waals surface area contributed by atoms with Gasteiger partial charge in [0.2, 0.25) is 0 Å². The largest absolute Gasteiger partial charge is 0.465 e. The van der Waals surface area contributed by atoms with Crippen LogP contribution in [0.4, 0.5) is 5.82 Å². The Balaban J connectivity index is 3.14. The molecular formula is C8H8BrN3O2. The number of nitrogens with two attached hydrogens (primary N) is 1. The number of hydrogen-bond donors (Lipinski definition) is 1. The summed E-state index contributed by atoms with van der Waals surface area (Å²) in [4.78, 5) is 18.9. The fourth-order valence-electron chi connectivity index (χ4n) is 0.841. The molecule has 1 rings (SSSR count). The van der Waals surface area contributed by atoms with Gasteiger partial charge in [0.25, 0.3) is 0 Å². The standard InChI is InChI=1S/C8H8BrN3O2/c1-14-8(13)5-2-7(12-4-10)11-3-6(5)9/h2-4H,1H3,(H2,10,11,12). The lowest BCUT2D eigenvalue weighted by Crippen LogP contribution is -2.02. The van der Waals surface area contributed by atoms with E-state index in [4.69, 9.17) is 5.73 Å². The predicted molar refractivity (Wildman–Crippen MR) is 55.6 cm³/mol. The Bertz CT molecular complexity index is 379. The molecule has 0 aromatic carbocycles. The number of halogens is 1. The summed E-state index contributed by atoms with van der Waals surface area (Å²) in [6.45, 7) is 0. The summed E-state index contributed by atoms with van der Waals surface area (Å²) in [6.07, 6.45) is 2.58. The molecular weight excluding hydrogens is 250 g/mol. The summed E-state index contributed by atoms with van der Waals surface area (Å²) >= 11 is 3.18. The van der Waals surface area contributed by atoms with Gasteiger partial charge in [0.15, 0.2) is 5.82 Å². The van der Waals surface area contributed by atoms with Crippen molar-refractivity contribution in [3.05, 3.63) is 22.3 Å². The molecule has 6 heteroatoms. The third kappa shape index (κ3) is 2.29.